The Labute approximate surface area is 139 Å². The molecule has 0 saturated carbocycles. The second kappa shape index (κ2) is 6.89. The van der Waals surface area contributed by atoms with Crippen molar-refractivity contribution in [3.63, 3.8) is 0 Å². The van der Waals surface area contributed by atoms with Gasteiger partial charge in [-0.1, -0.05) is 47.2 Å². The second-order valence-corrected chi connectivity index (χ2v) is 6.42. The molecule has 1 heterocycles. The van der Waals surface area contributed by atoms with Crippen LogP contribution in [0, 0.1) is 13.8 Å². The number of fused-ring (bicyclic) bond motifs is 1. The molecule has 0 spiro atoms. The molecule has 0 aliphatic heterocycles. The Morgan fingerprint density at radius 1 is 1.22 bits per heavy atom. The summed E-state index contributed by atoms with van der Waals surface area (Å²) in [6.45, 7) is 4.58. The van der Waals surface area contributed by atoms with Crippen LogP contribution < -0.4 is 5.01 Å². The molecule has 5 heteroatoms. The molecule has 3 rings (SSSR count). The van der Waals surface area contributed by atoms with Crippen LogP contribution in [0.4, 0.5) is 5.13 Å². The van der Waals surface area contributed by atoms with Gasteiger partial charge in [-0.2, -0.15) is 5.10 Å². The van der Waals surface area contributed by atoms with Gasteiger partial charge in [0.05, 0.1) is 29.6 Å². The summed E-state index contributed by atoms with van der Waals surface area (Å²) in [7, 11) is 0. The average Bonchev–Trinajstić information content (AvgIpc) is 2.98. The first-order chi connectivity index (χ1) is 11.2. The Balaban J connectivity index is 1.92. The van der Waals surface area contributed by atoms with Crippen LogP contribution in [0.25, 0.3) is 10.2 Å². The van der Waals surface area contributed by atoms with E-state index in [0.29, 0.717) is 6.54 Å². The number of para-hydroxylation sites is 1. The fraction of sp³-hybridized carbons (Fsp3) is 0.222. The molecule has 1 aromatic heterocycles. The molecule has 0 aliphatic carbocycles. The predicted octanol–water partition coefficient (Wildman–Crippen LogP) is 3.75. The van der Waals surface area contributed by atoms with Gasteiger partial charge in [-0.25, -0.2) is 9.99 Å². The summed E-state index contributed by atoms with van der Waals surface area (Å²) in [5.74, 6) is 0. The number of aryl methyl sites for hydroxylation is 2. The number of aromatic nitrogens is 1. The predicted molar refractivity (Wildman–Crippen MR) is 97.6 cm³/mol. The van der Waals surface area contributed by atoms with E-state index in [2.05, 4.69) is 42.1 Å². The number of hydrogen-bond donors (Lipinski definition) is 1. The van der Waals surface area contributed by atoms with Crippen molar-refractivity contribution in [2.24, 2.45) is 5.10 Å². The molecule has 4 nitrogen and oxygen atoms in total. The highest BCUT2D eigenvalue weighted by Gasteiger charge is 2.10. The van der Waals surface area contributed by atoms with Crippen LogP contribution in [0.15, 0.2) is 47.6 Å². The molecular formula is C18H19N3OS. The van der Waals surface area contributed by atoms with Crippen LogP contribution in [0.1, 0.15) is 16.7 Å². The van der Waals surface area contributed by atoms with E-state index in [1.165, 1.54) is 11.1 Å². The van der Waals surface area contributed by atoms with Crippen molar-refractivity contribution < 1.29 is 5.11 Å². The van der Waals surface area contributed by atoms with E-state index in [1.54, 1.807) is 16.3 Å². The van der Waals surface area contributed by atoms with Crippen LogP contribution in [0.5, 0.6) is 0 Å². The molecule has 0 saturated heterocycles. The van der Waals surface area contributed by atoms with E-state index >= 15 is 0 Å². The van der Waals surface area contributed by atoms with Crippen LogP contribution in [-0.2, 0) is 0 Å². The number of aliphatic hydroxyl groups excluding tert-OH is 1. The number of aliphatic hydroxyl groups is 1. The molecule has 0 atom stereocenters. The van der Waals surface area contributed by atoms with Crippen LogP contribution in [0.3, 0.4) is 0 Å². The Kier molecular flexibility index (Phi) is 4.69. The van der Waals surface area contributed by atoms with Gasteiger partial charge in [0.2, 0.25) is 5.13 Å². The van der Waals surface area contributed by atoms with Gasteiger partial charge in [0, 0.05) is 0 Å². The van der Waals surface area contributed by atoms with Crippen molar-refractivity contribution in [3.8, 4) is 0 Å². The minimum Gasteiger partial charge on any atom is -0.394 e. The summed E-state index contributed by atoms with van der Waals surface area (Å²) in [6.07, 6.45) is 1.84. The van der Waals surface area contributed by atoms with Crippen molar-refractivity contribution in [3.05, 3.63) is 59.2 Å². The van der Waals surface area contributed by atoms with Crippen molar-refractivity contribution in [1.82, 2.24) is 4.98 Å². The maximum atomic E-state index is 9.33. The first kappa shape index (κ1) is 15.6. The fourth-order valence-corrected chi connectivity index (χ4v) is 3.25. The number of hydrazone groups is 1. The van der Waals surface area contributed by atoms with Crippen LogP contribution in [-0.4, -0.2) is 29.5 Å². The molecular weight excluding hydrogens is 306 g/mol. The van der Waals surface area contributed by atoms with Crippen molar-refractivity contribution in [1.29, 1.82) is 0 Å². The molecule has 0 bridgehead atoms. The molecule has 0 fully saturated rings. The van der Waals surface area contributed by atoms with Gasteiger partial charge < -0.3 is 5.11 Å². The summed E-state index contributed by atoms with van der Waals surface area (Å²) in [6, 6.07) is 14.3. The van der Waals surface area contributed by atoms with Gasteiger partial charge in [-0.05, 0) is 37.1 Å². The molecule has 118 valence electrons. The Morgan fingerprint density at radius 3 is 2.83 bits per heavy atom. The highest BCUT2D eigenvalue weighted by atomic mass is 32.1. The van der Waals surface area contributed by atoms with Gasteiger partial charge in [0.1, 0.15) is 0 Å². The second-order valence-electron chi connectivity index (χ2n) is 5.42. The summed E-state index contributed by atoms with van der Waals surface area (Å²) >= 11 is 1.58. The Hall–Kier alpha value is -2.24. The third-order valence-corrected chi connectivity index (χ3v) is 4.64. The van der Waals surface area contributed by atoms with E-state index in [0.717, 1.165) is 20.9 Å². The lowest BCUT2D eigenvalue weighted by Gasteiger charge is -2.14. The minimum absolute atomic E-state index is 0.0278. The monoisotopic (exact) mass is 325 g/mol. The molecule has 0 radical (unpaired) electrons. The van der Waals surface area contributed by atoms with E-state index in [4.69, 9.17) is 0 Å². The van der Waals surface area contributed by atoms with Crippen molar-refractivity contribution >= 4 is 32.9 Å². The summed E-state index contributed by atoms with van der Waals surface area (Å²) in [4.78, 5) is 4.60. The Morgan fingerprint density at radius 2 is 2.04 bits per heavy atom. The van der Waals surface area contributed by atoms with E-state index in [1.807, 2.05) is 30.5 Å². The van der Waals surface area contributed by atoms with Crippen molar-refractivity contribution in [2.75, 3.05) is 18.2 Å². The molecule has 2 aromatic carbocycles. The molecule has 0 unspecified atom stereocenters. The first-order valence-corrected chi connectivity index (χ1v) is 8.34. The largest absolute Gasteiger partial charge is 0.394 e. The summed E-state index contributed by atoms with van der Waals surface area (Å²) in [5, 5.41) is 16.4. The van der Waals surface area contributed by atoms with Crippen molar-refractivity contribution in [2.45, 2.75) is 13.8 Å². The first-order valence-electron chi connectivity index (χ1n) is 7.52. The quantitative estimate of drug-likeness (QED) is 0.574. The summed E-state index contributed by atoms with van der Waals surface area (Å²) < 4.78 is 1.12. The number of hydrogen-bond acceptors (Lipinski definition) is 5. The normalized spacial score (nSPS) is 11.4. The number of nitrogens with zero attached hydrogens (tertiary/aromatic N) is 3. The third kappa shape index (κ3) is 3.57. The lowest BCUT2D eigenvalue weighted by Crippen LogP contribution is -2.20. The van der Waals surface area contributed by atoms with Gasteiger partial charge in [0.25, 0.3) is 0 Å². The number of anilines is 1. The van der Waals surface area contributed by atoms with Gasteiger partial charge in [0.15, 0.2) is 0 Å². The molecule has 0 amide bonds. The average molecular weight is 325 g/mol. The van der Waals surface area contributed by atoms with Gasteiger partial charge in [-0.3, -0.25) is 0 Å². The number of rotatable bonds is 5. The molecule has 1 N–H and O–H groups in total. The number of thiazole rings is 1. The molecule has 3 aromatic rings. The standard InChI is InChI=1S/C18H19N3OS/c1-13-7-8-14(2)15(11-13)12-19-21(9-10-22)18-20-16-5-3-4-6-17(16)23-18/h3-8,11-12,22H,9-10H2,1-2H3/b19-12+. The lowest BCUT2D eigenvalue weighted by atomic mass is 10.1. The third-order valence-electron chi connectivity index (χ3n) is 3.59. The SMILES string of the molecule is Cc1ccc(C)c(/C=N/N(CCO)c2nc3ccccc3s2)c1. The maximum absolute atomic E-state index is 9.33. The fourth-order valence-electron chi connectivity index (χ4n) is 2.30. The zero-order chi connectivity index (χ0) is 16.2. The topological polar surface area (TPSA) is 48.7 Å². The van der Waals surface area contributed by atoms with E-state index in [-0.39, 0.29) is 6.61 Å². The van der Waals surface area contributed by atoms with Gasteiger partial charge in [-0.15, -0.1) is 0 Å². The highest BCUT2D eigenvalue weighted by Crippen LogP contribution is 2.28. The zero-order valence-electron chi connectivity index (χ0n) is 13.2. The lowest BCUT2D eigenvalue weighted by molar-refractivity contribution is 0.302. The number of benzene rings is 2. The highest BCUT2D eigenvalue weighted by molar-refractivity contribution is 7.22. The smallest absolute Gasteiger partial charge is 0.207 e. The maximum Gasteiger partial charge on any atom is 0.207 e. The minimum atomic E-state index is 0.0278. The van der Waals surface area contributed by atoms with Gasteiger partial charge >= 0.3 is 0 Å². The van der Waals surface area contributed by atoms with Crippen LogP contribution in [0.2, 0.25) is 0 Å². The molecule has 23 heavy (non-hydrogen) atoms. The van der Waals surface area contributed by atoms with Crippen LogP contribution >= 0.6 is 11.3 Å². The zero-order valence-corrected chi connectivity index (χ0v) is 14.0. The molecule has 0 aliphatic rings. The Bertz CT molecular complexity index is 808. The van der Waals surface area contributed by atoms with E-state index in [9.17, 15) is 5.11 Å². The summed E-state index contributed by atoms with van der Waals surface area (Å²) in [5.41, 5.74) is 4.41. The van der Waals surface area contributed by atoms with E-state index < -0.39 is 0 Å².